The van der Waals surface area contributed by atoms with Crippen LogP contribution in [0.25, 0.3) is 0 Å². The lowest BCUT2D eigenvalue weighted by atomic mass is 10.2. The van der Waals surface area contributed by atoms with E-state index in [2.05, 4.69) is 5.32 Å². The molecule has 0 saturated carbocycles. The normalized spacial score (nSPS) is 9.92. The molecule has 0 saturated heterocycles. The summed E-state index contributed by atoms with van der Waals surface area (Å²) in [6.07, 6.45) is 0.0972. The second-order valence-corrected chi connectivity index (χ2v) is 5.89. The van der Waals surface area contributed by atoms with E-state index >= 15 is 0 Å². The zero-order valence-electron chi connectivity index (χ0n) is 14.5. The van der Waals surface area contributed by atoms with Gasteiger partial charge in [0.15, 0.2) is 0 Å². The predicted octanol–water partition coefficient (Wildman–Crippen LogP) is 3.60. The molecule has 2 amide bonds. The lowest BCUT2D eigenvalue weighted by Gasteiger charge is -2.21. The molecule has 2 rings (SSSR count). The highest BCUT2D eigenvalue weighted by molar-refractivity contribution is 6.32. The van der Waals surface area contributed by atoms with Crippen molar-refractivity contribution in [1.29, 1.82) is 5.26 Å². The number of benzene rings is 2. The van der Waals surface area contributed by atoms with Crippen molar-refractivity contribution in [3.63, 3.8) is 0 Å². The number of hydrogen-bond acceptors (Lipinski definition) is 4. The Hall–Kier alpha value is -3.04. The largest absolute Gasteiger partial charge is 0.495 e. The Morgan fingerprint density at radius 3 is 2.65 bits per heavy atom. The van der Waals surface area contributed by atoms with E-state index in [4.69, 9.17) is 21.6 Å². The Bertz CT molecular complexity index is 861. The molecule has 26 heavy (non-hydrogen) atoms. The van der Waals surface area contributed by atoms with Gasteiger partial charge in [-0.1, -0.05) is 17.7 Å². The van der Waals surface area contributed by atoms with E-state index in [1.54, 1.807) is 42.5 Å². The van der Waals surface area contributed by atoms with Crippen molar-refractivity contribution in [3.8, 4) is 11.8 Å². The maximum atomic E-state index is 12.2. The van der Waals surface area contributed by atoms with Crippen LogP contribution in [-0.2, 0) is 9.59 Å². The lowest BCUT2D eigenvalue weighted by molar-refractivity contribution is -0.117. The van der Waals surface area contributed by atoms with Crippen molar-refractivity contribution in [2.45, 2.75) is 13.3 Å². The van der Waals surface area contributed by atoms with Gasteiger partial charge in [-0.15, -0.1) is 0 Å². The van der Waals surface area contributed by atoms with Gasteiger partial charge in [-0.05, 0) is 36.4 Å². The summed E-state index contributed by atoms with van der Waals surface area (Å²) in [5.41, 5.74) is 1.57. The monoisotopic (exact) mass is 371 g/mol. The fourth-order valence-corrected chi connectivity index (χ4v) is 2.65. The number of rotatable bonds is 6. The molecule has 0 aliphatic heterocycles. The van der Waals surface area contributed by atoms with Crippen molar-refractivity contribution >= 4 is 34.8 Å². The molecule has 0 unspecified atom stereocenters. The van der Waals surface area contributed by atoms with Gasteiger partial charge < -0.3 is 15.0 Å². The van der Waals surface area contributed by atoms with E-state index < -0.39 is 0 Å². The molecular weight excluding hydrogens is 354 g/mol. The van der Waals surface area contributed by atoms with E-state index in [0.717, 1.165) is 0 Å². The summed E-state index contributed by atoms with van der Waals surface area (Å²) >= 11 is 6.04. The first kappa shape index (κ1) is 19.3. The van der Waals surface area contributed by atoms with Gasteiger partial charge in [-0.25, -0.2) is 0 Å². The molecule has 7 heteroatoms. The average molecular weight is 372 g/mol. The quantitative estimate of drug-likeness (QED) is 0.840. The maximum Gasteiger partial charge on any atom is 0.226 e. The summed E-state index contributed by atoms with van der Waals surface area (Å²) < 4.78 is 5.07. The molecule has 1 N–H and O–H groups in total. The van der Waals surface area contributed by atoms with Crippen LogP contribution in [0, 0.1) is 11.3 Å². The number of nitrogens with zero attached hydrogens (tertiary/aromatic N) is 2. The minimum Gasteiger partial charge on any atom is -0.495 e. The molecule has 2 aromatic rings. The molecule has 0 spiro atoms. The highest BCUT2D eigenvalue weighted by atomic mass is 35.5. The number of carbonyl (C=O) groups excluding carboxylic acids is 2. The third-order valence-electron chi connectivity index (χ3n) is 3.67. The van der Waals surface area contributed by atoms with Gasteiger partial charge in [0, 0.05) is 31.3 Å². The molecule has 0 radical (unpaired) electrons. The standard InChI is InChI=1S/C19H18ClN3O3/c1-13(24)23(16-5-3-4-14(10-16)12-21)9-8-19(25)22-15-6-7-18(26-2)17(20)11-15/h3-7,10-11H,8-9H2,1-2H3,(H,22,25). The lowest BCUT2D eigenvalue weighted by Crippen LogP contribution is -2.32. The van der Waals surface area contributed by atoms with Crippen molar-refractivity contribution < 1.29 is 14.3 Å². The number of halogens is 1. The number of nitriles is 1. The van der Waals surface area contributed by atoms with Crippen LogP contribution in [0.15, 0.2) is 42.5 Å². The molecule has 134 valence electrons. The zero-order valence-corrected chi connectivity index (χ0v) is 15.2. The second-order valence-electron chi connectivity index (χ2n) is 5.48. The van der Waals surface area contributed by atoms with Crippen LogP contribution in [0.5, 0.6) is 5.75 Å². The fraction of sp³-hybridized carbons (Fsp3) is 0.211. The molecule has 0 atom stereocenters. The van der Waals surface area contributed by atoms with Gasteiger partial charge >= 0.3 is 0 Å². The number of nitrogens with one attached hydrogen (secondary N) is 1. The summed E-state index contributed by atoms with van der Waals surface area (Å²) in [5.74, 6) is 0.0547. The summed E-state index contributed by atoms with van der Waals surface area (Å²) in [6, 6.07) is 13.7. The summed E-state index contributed by atoms with van der Waals surface area (Å²) in [6.45, 7) is 1.61. The third kappa shape index (κ3) is 4.98. The average Bonchev–Trinajstić information content (AvgIpc) is 2.62. The van der Waals surface area contributed by atoms with Crippen LogP contribution in [0.2, 0.25) is 5.02 Å². The van der Waals surface area contributed by atoms with Gasteiger partial charge in [0.05, 0.1) is 23.8 Å². The van der Waals surface area contributed by atoms with Crippen LogP contribution < -0.4 is 15.0 Å². The minimum absolute atomic E-state index is 0.0972. The van der Waals surface area contributed by atoms with E-state index in [-0.39, 0.29) is 24.8 Å². The second kappa shape index (κ2) is 8.88. The molecule has 0 bridgehead atoms. The van der Waals surface area contributed by atoms with E-state index in [9.17, 15) is 9.59 Å². The van der Waals surface area contributed by atoms with Gasteiger partial charge in [0.25, 0.3) is 0 Å². The number of amides is 2. The van der Waals surface area contributed by atoms with Gasteiger partial charge in [0.1, 0.15) is 5.75 Å². The van der Waals surface area contributed by atoms with E-state index in [0.29, 0.717) is 27.7 Å². The highest BCUT2D eigenvalue weighted by Crippen LogP contribution is 2.27. The topological polar surface area (TPSA) is 82.4 Å². The zero-order chi connectivity index (χ0) is 19.1. The number of hydrogen-bond donors (Lipinski definition) is 1. The van der Waals surface area contributed by atoms with Crippen molar-refractivity contribution in [3.05, 3.63) is 53.1 Å². The molecule has 0 fully saturated rings. The van der Waals surface area contributed by atoms with Crippen LogP contribution in [0.4, 0.5) is 11.4 Å². The Morgan fingerprint density at radius 1 is 1.27 bits per heavy atom. The SMILES string of the molecule is COc1ccc(NC(=O)CCN(C(C)=O)c2cccc(C#N)c2)cc1Cl. The first-order valence-electron chi connectivity index (χ1n) is 7.86. The first-order chi connectivity index (χ1) is 12.4. The Balaban J connectivity index is 2.02. The van der Waals surface area contributed by atoms with Gasteiger partial charge in [-0.2, -0.15) is 5.26 Å². The van der Waals surface area contributed by atoms with Crippen LogP contribution in [0.1, 0.15) is 18.9 Å². The molecule has 2 aromatic carbocycles. The number of methoxy groups -OCH3 is 1. The van der Waals surface area contributed by atoms with Crippen molar-refractivity contribution in [1.82, 2.24) is 0 Å². The van der Waals surface area contributed by atoms with Crippen LogP contribution >= 0.6 is 11.6 Å². The van der Waals surface area contributed by atoms with Crippen LogP contribution in [-0.4, -0.2) is 25.5 Å². The van der Waals surface area contributed by atoms with E-state index in [1.165, 1.54) is 18.9 Å². The molecule has 6 nitrogen and oxygen atoms in total. The Kier molecular flexibility index (Phi) is 6.59. The maximum absolute atomic E-state index is 12.2. The van der Waals surface area contributed by atoms with Crippen molar-refractivity contribution in [2.24, 2.45) is 0 Å². The number of ether oxygens (including phenoxy) is 1. The summed E-state index contributed by atoms with van der Waals surface area (Å²) in [7, 11) is 1.51. The number of anilines is 2. The molecule has 0 heterocycles. The highest BCUT2D eigenvalue weighted by Gasteiger charge is 2.14. The first-order valence-corrected chi connectivity index (χ1v) is 8.24. The Labute approximate surface area is 156 Å². The third-order valence-corrected chi connectivity index (χ3v) is 3.96. The molecule has 0 aliphatic carbocycles. The fourth-order valence-electron chi connectivity index (χ4n) is 2.39. The van der Waals surface area contributed by atoms with Crippen molar-refractivity contribution in [2.75, 3.05) is 23.9 Å². The summed E-state index contributed by atoms with van der Waals surface area (Å²) in [5, 5.41) is 12.1. The van der Waals surface area contributed by atoms with E-state index in [1.807, 2.05) is 6.07 Å². The van der Waals surface area contributed by atoms with Crippen LogP contribution in [0.3, 0.4) is 0 Å². The van der Waals surface area contributed by atoms with Gasteiger partial charge in [-0.3, -0.25) is 9.59 Å². The smallest absolute Gasteiger partial charge is 0.226 e. The van der Waals surface area contributed by atoms with Gasteiger partial charge in [0.2, 0.25) is 11.8 Å². The molecule has 0 aliphatic rings. The predicted molar refractivity (Wildman–Crippen MR) is 100 cm³/mol. The number of carbonyl (C=O) groups is 2. The summed E-state index contributed by atoms with van der Waals surface area (Å²) in [4.78, 5) is 25.6. The molecular formula is C19H18ClN3O3. The minimum atomic E-state index is -0.256. The molecule has 0 aromatic heterocycles. The Morgan fingerprint density at radius 2 is 2.04 bits per heavy atom.